The molecule has 3 amide bonds. The summed E-state index contributed by atoms with van der Waals surface area (Å²) in [6, 6.07) is 6.01. The van der Waals surface area contributed by atoms with Gasteiger partial charge in [-0.2, -0.15) is 0 Å². The molecule has 640 valence electrons. The predicted octanol–water partition coefficient (Wildman–Crippen LogP) is 14.7. The fraction of sp³-hybridized carbons (Fsp3) is 0.682. The Morgan fingerprint density at radius 2 is 0.904 bits per heavy atom. The first-order valence-electron chi connectivity index (χ1n) is 40.7. The number of amides is 3. The van der Waals surface area contributed by atoms with Gasteiger partial charge in [-0.05, 0) is 244 Å². The van der Waals surface area contributed by atoms with Crippen molar-refractivity contribution in [3.63, 3.8) is 0 Å². The summed E-state index contributed by atoms with van der Waals surface area (Å²) in [6.07, 6.45) is -2.90. The average molecular weight is 1610 g/mol. The summed E-state index contributed by atoms with van der Waals surface area (Å²) in [4.78, 5) is 164. The van der Waals surface area contributed by atoms with Crippen LogP contribution in [0.2, 0.25) is 0 Å². The molecule has 8 bridgehead atoms. The van der Waals surface area contributed by atoms with Gasteiger partial charge >= 0.3 is 35.8 Å². The number of aromatic amines is 2. The summed E-state index contributed by atoms with van der Waals surface area (Å²) < 4.78 is 57.6. The number of methoxy groups -OCH3 is 1. The minimum atomic E-state index is -1.58. The molecule has 0 fully saturated rings. The summed E-state index contributed by atoms with van der Waals surface area (Å²) in [5, 5.41) is 6.14. The highest BCUT2D eigenvalue weighted by molar-refractivity contribution is 6.13. The maximum Gasteiger partial charge on any atom is 0.306 e. The van der Waals surface area contributed by atoms with E-state index in [9.17, 15) is 33.6 Å². The summed E-state index contributed by atoms with van der Waals surface area (Å²) in [5.41, 5.74) is 2.51. The standard InChI is InChI=1S/C88H133N7O20/c1-26-58-53(2)61-50-66-77(57(6)109-46-45-108-44-43-107-42-41-106-25)55(4)63(90-66)48-62-54(3)59(79(91-62)60-47-67(96)78-56(5)64(92-80(60)78)49-65(58)89-61)27-28-70(99)95(51-68(97)93-87(35-29-71(100)110-81(7,8)9,36-30-72(101)111-82(10,11)12)37-31-73(102)112-83(13,14)15)52-69(98)94-88(38-32-74(103)113-84(16,17)18,39-33-75(104)114-85(19,20)21)40-34-76(105)115-86(22,23)24/h48-50,54,57,59,90,92H,26-47,51-52H2,1-25H3,(H,93,97)(H,94,98)/t54-,57?,59-/m0/s1. The van der Waals surface area contributed by atoms with Crippen molar-refractivity contribution >= 4 is 92.5 Å². The summed E-state index contributed by atoms with van der Waals surface area (Å²) >= 11 is 0. The highest BCUT2D eigenvalue weighted by Gasteiger charge is 2.42. The van der Waals surface area contributed by atoms with Crippen LogP contribution in [0.5, 0.6) is 0 Å². The second-order valence-electron chi connectivity index (χ2n) is 36.8. The summed E-state index contributed by atoms with van der Waals surface area (Å²) in [7, 11) is 1.62. The van der Waals surface area contributed by atoms with Crippen molar-refractivity contribution in [1.29, 1.82) is 0 Å². The molecule has 1 unspecified atom stereocenters. The van der Waals surface area contributed by atoms with Crippen molar-refractivity contribution in [2.75, 3.05) is 59.8 Å². The number of aromatic nitrogens is 4. The van der Waals surface area contributed by atoms with E-state index >= 15 is 14.4 Å². The van der Waals surface area contributed by atoms with Gasteiger partial charge in [-0.25, -0.2) is 4.98 Å². The van der Waals surface area contributed by atoms with E-state index in [-0.39, 0.29) is 109 Å². The number of rotatable bonds is 39. The number of aryl methyl sites for hydroxylation is 2. The van der Waals surface area contributed by atoms with Gasteiger partial charge in [0, 0.05) is 120 Å². The smallest absolute Gasteiger partial charge is 0.306 e. The SMILES string of the molecule is CCC1=C(C)c2cc3[nH]c(cc4nc(c5c6[nH]c(cc1n2)c(C)c6C(=O)C5)[C@@H](CCC(=O)N(CC(=O)NC(CCC(=O)OC(C)(C)C)(CCC(=O)OC(C)(C)C)CCC(=O)OC(C)(C)C)CC(=O)NC(CCC(=O)OC(C)(C)C)(CCC(=O)OC(C)(C)C)CCC(=O)OC(C)(C)C)[C@@H]4C)c(C)c3C(C)OCCOCCOCCOC. The lowest BCUT2D eigenvalue weighted by Crippen LogP contribution is -2.56. The van der Waals surface area contributed by atoms with Gasteiger partial charge in [0.2, 0.25) is 17.7 Å². The van der Waals surface area contributed by atoms with E-state index in [1.807, 2.05) is 45.9 Å². The monoisotopic (exact) mass is 1610 g/mol. The van der Waals surface area contributed by atoms with Crippen LogP contribution in [-0.2, 0) is 96.9 Å². The molecule has 4 N–H and O–H groups in total. The quantitative estimate of drug-likeness (QED) is 0.0234. The third kappa shape index (κ3) is 30.2. The number of fused-ring (bicyclic) bond motifs is 8. The van der Waals surface area contributed by atoms with Gasteiger partial charge in [-0.3, -0.25) is 52.9 Å². The zero-order valence-corrected chi connectivity index (χ0v) is 73.4. The molecule has 115 heavy (non-hydrogen) atoms. The number of H-pyrrole nitrogens is 2. The lowest BCUT2D eigenvalue weighted by atomic mass is 9.83. The van der Waals surface area contributed by atoms with Crippen LogP contribution in [0, 0.1) is 13.8 Å². The molecule has 2 aliphatic heterocycles. The van der Waals surface area contributed by atoms with Gasteiger partial charge in [0.25, 0.3) is 0 Å². The molecule has 3 aromatic rings. The summed E-state index contributed by atoms with van der Waals surface area (Å²) in [6.45, 7) is 43.4. The Kier molecular flexibility index (Phi) is 33.3. The molecule has 3 atom stereocenters. The highest BCUT2D eigenvalue weighted by atomic mass is 16.6. The zero-order chi connectivity index (χ0) is 86.1. The number of nitrogens with zero attached hydrogens (tertiary/aromatic N) is 3. The van der Waals surface area contributed by atoms with Crippen molar-refractivity contribution in [2.45, 2.75) is 332 Å². The second kappa shape index (κ2) is 40.2. The normalized spacial score (nSPS) is 15.1. The Bertz CT molecular complexity index is 3920. The molecule has 1 aliphatic carbocycles. The van der Waals surface area contributed by atoms with Crippen molar-refractivity contribution in [3.05, 3.63) is 68.8 Å². The van der Waals surface area contributed by atoms with Crippen LogP contribution in [0.1, 0.15) is 322 Å². The van der Waals surface area contributed by atoms with Gasteiger partial charge in [0.1, 0.15) is 46.7 Å². The van der Waals surface area contributed by atoms with E-state index in [4.69, 9.17) is 57.3 Å². The first-order chi connectivity index (χ1) is 53.2. The Hall–Kier alpha value is -8.40. The fourth-order valence-corrected chi connectivity index (χ4v) is 14.7. The minimum Gasteiger partial charge on any atom is -0.460 e. The van der Waals surface area contributed by atoms with E-state index < -0.39 is 129 Å². The Balaban J connectivity index is 1.54. The van der Waals surface area contributed by atoms with Gasteiger partial charge in [-0.1, -0.05) is 13.8 Å². The molecule has 0 spiro atoms. The summed E-state index contributed by atoms with van der Waals surface area (Å²) in [5.74, 6) is -7.37. The van der Waals surface area contributed by atoms with Crippen LogP contribution >= 0.6 is 0 Å². The maximum absolute atomic E-state index is 16.0. The Morgan fingerprint density at radius 3 is 1.30 bits per heavy atom. The number of Topliss-reactive ketones (excluding diaryl/α,β-unsaturated/α-hetero) is 1. The predicted molar refractivity (Wildman–Crippen MR) is 438 cm³/mol. The number of ether oxygens (including phenoxy) is 10. The average Bonchev–Trinajstić information content (AvgIpc) is 1.58. The van der Waals surface area contributed by atoms with Crippen molar-refractivity contribution in [2.24, 2.45) is 0 Å². The lowest BCUT2D eigenvalue weighted by Gasteiger charge is -2.37. The maximum atomic E-state index is 16.0. The molecule has 0 saturated heterocycles. The topological polar surface area (TPSA) is 348 Å². The van der Waals surface area contributed by atoms with Gasteiger partial charge in [0.15, 0.2) is 5.78 Å². The number of hydrogen-bond donors (Lipinski definition) is 4. The zero-order valence-electron chi connectivity index (χ0n) is 73.4. The van der Waals surface area contributed by atoms with Crippen molar-refractivity contribution in [3.8, 4) is 0 Å². The number of hydrogen-bond acceptors (Lipinski definition) is 22. The molecule has 3 aliphatic rings. The van der Waals surface area contributed by atoms with Crippen molar-refractivity contribution < 1.29 is 95.3 Å². The molecule has 0 radical (unpaired) electrons. The third-order valence-corrected chi connectivity index (χ3v) is 19.8. The van der Waals surface area contributed by atoms with E-state index in [0.717, 1.165) is 55.2 Å². The first-order valence-corrected chi connectivity index (χ1v) is 40.7. The van der Waals surface area contributed by atoms with Crippen LogP contribution in [0.3, 0.4) is 0 Å². The second-order valence-corrected chi connectivity index (χ2v) is 36.8. The molecule has 0 saturated carbocycles. The van der Waals surface area contributed by atoms with Gasteiger partial charge in [-0.15, -0.1) is 0 Å². The van der Waals surface area contributed by atoms with Crippen LogP contribution in [0.25, 0.3) is 33.2 Å². The van der Waals surface area contributed by atoms with Crippen LogP contribution in [0.4, 0.5) is 0 Å². The third-order valence-electron chi connectivity index (χ3n) is 19.8. The molecule has 27 nitrogen and oxygen atoms in total. The lowest BCUT2D eigenvalue weighted by molar-refractivity contribution is -0.158. The number of allylic oxidation sites excluding steroid dienone is 2. The molecule has 6 rings (SSSR count). The number of carbonyl (C=O) groups excluding carboxylic acids is 10. The van der Waals surface area contributed by atoms with E-state index in [0.29, 0.717) is 73.0 Å². The number of carbonyl (C=O) groups is 10. The Labute approximate surface area is 680 Å². The van der Waals surface area contributed by atoms with E-state index in [1.54, 1.807) is 132 Å². The molecular formula is C88H133N7O20. The minimum absolute atomic E-state index is 0.00458. The van der Waals surface area contributed by atoms with Crippen LogP contribution in [0.15, 0.2) is 18.2 Å². The van der Waals surface area contributed by atoms with E-state index in [2.05, 4.69) is 34.4 Å². The molecular weight excluding hydrogens is 1470 g/mol. The number of nitrogens with one attached hydrogen (secondary N) is 4. The fourth-order valence-electron chi connectivity index (χ4n) is 14.7. The van der Waals surface area contributed by atoms with Gasteiger partial charge in [0.05, 0.1) is 68.3 Å². The Morgan fingerprint density at radius 1 is 0.513 bits per heavy atom. The largest absolute Gasteiger partial charge is 0.460 e. The molecule has 5 heterocycles. The molecule has 0 aromatic carbocycles. The number of esters is 6. The van der Waals surface area contributed by atoms with Crippen LogP contribution in [-0.4, -0.2) is 189 Å². The van der Waals surface area contributed by atoms with Crippen molar-refractivity contribution in [1.82, 2.24) is 35.5 Å². The highest BCUT2D eigenvalue weighted by Crippen LogP contribution is 2.46. The first kappa shape index (κ1) is 95.4. The van der Waals surface area contributed by atoms with Gasteiger partial charge < -0.3 is 72.9 Å². The number of ketones is 1. The van der Waals surface area contributed by atoms with Crippen LogP contribution < -0.4 is 10.6 Å². The van der Waals surface area contributed by atoms with E-state index in [1.165, 1.54) is 0 Å². The molecule has 27 heteroatoms. The molecule has 3 aromatic heterocycles.